The molecule has 10 heteroatoms. The Morgan fingerprint density at radius 2 is 1.56 bits per heavy atom. The second-order valence-electron chi connectivity index (χ2n) is 7.42. The third-order valence-corrected chi connectivity index (χ3v) is 4.91. The fraction of sp³-hybridized carbons (Fsp3) is 0.636. The number of ether oxygens (including phenoxy) is 3. The molecule has 0 aromatic heterocycles. The predicted octanol–water partition coefficient (Wildman–Crippen LogP) is 1.07. The van der Waals surface area contributed by atoms with Crippen LogP contribution in [0.3, 0.4) is 0 Å². The highest BCUT2D eigenvalue weighted by Gasteiger charge is 2.23. The summed E-state index contributed by atoms with van der Waals surface area (Å²) in [5.74, 6) is -1.05. The first-order valence-corrected chi connectivity index (χ1v) is 11.1. The van der Waals surface area contributed by atoms with Gasteiger partial charge in [-0.3, -0.25) is 19.3 Å². The van der Waals surface area contributed by atoms with Crippen molar-refractivity contribution in [1.29, 1.82) is 0 Å². The van der Waals surface area contributed by atoms with Gasteiger partial charge in [0.25, 0.3) is 11.8 Å². The van der Waals surface area contributed by atoms with E-state index < -0.39 is 17.9 Å². The van der Waals surface area contributed by atoms with Crippen LogP contribution in [0, 0.1) is 0 Å². The van der Waals surface area contributed by atoms with E-state index in [1.807, 2.05) is 0 Å². The smallest absolute Gasteiger partial charge is 0.407 e. The molecule has 0 saturated heterocycles. The van der Waals surface area contributed by atoms with E-state index in [1.165, 1.54) is 12.2 Å². The minimum absolute atomic E-state index is 0.0306. The number of hydrogen-bond donors (Lipinski definition) is 2. The van der Waals surface area contributed by atoms with E-state index in [1.54, 1.807) is 0 Å². The van der Waals surface area contributed by atoms with Gasteiger partial charge < -0.3 is 24.8 Å². The third-order valence-electron chi connectivity index (χ3n) is 4.91. The van der Waals surface area contributed by atoms with Crippen molar-refractivity contribution in [2.75, 3.05) is 46.1 Å². The fourth-order valence-corrected chi connectivity index (χ4v) is 3.20. The molecule has 0 fully saturated rings. The molecular weight excluding hydrogens is 418 g/mol. The Labute approximate surface area is 188 Å². The zero-order valence-corrected chi connectivity index (χ0v) is 18.4. The minimum atomic E-state index is -0.412. The van der Waals surface area contributed by atoms with E-state index in [0.717, 1.165) is 37.0 Å². The highest BCUT2D eigenvalue weighted by atomic mass is 16.6. The molecule has 0 saturated carbocycles. The lowest BCUT2D eigenvalue weighted by molar-refractivity contribution is -0.137. The van der Waals surface area contributed by atoms with Crippen LogP contribution in [0.5, 0.6) is 0 Å². The third kappa shape index (κ3) is 10.5. The summed E-state index contributed by atoms with van der Waals surface area (Å²) in [5, 5.41) is 5.35. The summed E-state index contributed by atoms with van der Waals surface area (Å²) in [5.41, 5.74) is 0. The van der Waals surface area contributed by atoms with Crippen LogP contribution >= 0.6 is 0 Å². The molecule has 2 rings (SSSR count). The second kappa shape index (κ2) is 15.1. The summed E-state index contributed by atoms with van der Waals surface area (Å²) in [6.45, 7) is 2.14. The summed E-state index contributed by atoms with van der Waals surface area (Å²) in [6, 6.07) is 0. The van der Waals surface area contributed by atoms with Crippen LogP contribution in [0.4, 0.5) is 4.79 Å². The van der Waals surface area contributed by atoms with Gasteiger partial charge in [-0.05, 0) is 32.1 Å². The number of allylic oxidation sites excluding steroid dienone is 2. The molecule has 0 radical (unpaired) electrons. The minimum Gasteiger partial charge on any atom is -0.446 e. The van der Waals surface area contributed by atoms with Gasteiger partial charge in [0, 0.05) is 38.2 Å². The second-order valence-corrected chi connectivity index (χ2v) is 7.42. The van der Waals surface area contributed by atoms with E-state index in [2.05, 4.69) is 22.8 Å². The van der Waals surface area contributed by atoms with Crippen molar-refractivity contribution in [2.24, 2.45) is 0 Å². The molecule has 10 nitrogen and oxygen atoms in total. The van der Waals surface area contributed by atoms with E-state index >= 15 is 0 Å². The normalized spacial score (nSPS) is 19.4. The number of nitrogens with one attached hydrogen (secondary N) is 2. The van der Waals surface area contributed by atoms with Crippen molar-refractivity contribution in [3.05, 3.63) is 24.3 Å². The number of rotatable bonds is 13. The first-order chi connectivity index (χ1) is 15.6. The molecule has 0 aromatic carbocycles. The largest absolute Gasteiger partial charge is 0.446 e. The van der Waals surface area contributed by atoms with E-state index in [9.17, 15) is 19.2 Å². The zero-order valence-electron chi connectivity index (χ0n) is 18.4. The van der Waals surface area contributed by atoms with Gasteiger partial charge in [0.15, 0.2) is 0 Å². The van der Waals surface area contributed by atoms with Gasteiger partial charge in [0.2, 0.25) is 5.91 Å². The summed E-state index contributed by atoms with van der Waals surface area (Å²) >= 11 is 0. The summed E-state index contributed by atoms with van der Waals surface area (Å²) in [4.78, 5) is 47.3. The summed E-state index contributed by atoms with van der Waals surface area (Å²) in [6.07, 6.45) is 11.0. The summed E-state index contributed by atoms with van der Waals surface area (Å²) < 4.78 is 16.2. The van der Waals surface area contributed by atoms with Gasteiger partial charge in [-0.1, -0.05) is 12.2 Å². The van der Waals surface area contributed by atoms with Crippen molar-refractivity contribution < 1.29 is 33.4 Å². The molecule has 2 aliphatic rings. The highest BCUT2D eigenvalue weighted by molar-refractivity contribution is 6.13. The average molecular weight is 452 g/mol. The fourth-order valence-electron chi connectivity index (χ4n) is 3.20. The van der Waals surface area contributed by atoms with Gasteiger partial charge >= 0.3 is 6.09 Å². The molecule has 1 aliphatic heterocycles. The number of imide groups is 1. The molecule has 0 bridgehead atoms. The number of alkyl carbamates (subject to hydrolysis) is 1. The number of nitrogens with zero attached hydrogens (tertiary/aromatic N) is 1. The maximum Gasteiger partial charge on any atom is 0.407 e. The Morgan fingerprint density at radius 1 is 0.906 bits per heavy atom. The Bertz CT molecular complexity index is 675. The molecule has 0 aromatic rings. The first-order valence-electron chi connectivity index (χ1n) is 11.1. The Balaban J connectivity index is 1.36. The van der Waals surface area contributed by atoms with Crippen LogP contribution in [-0.4, -0.2) is 80.9 Å². The molecule has 0 spiro atoms. The van der Waals surface area contributed by atoms with Crippen LogP contribution < -0.4 is 10.6 Å². The molecule has 32 heavy (non-hydrogen) atoms. The van der Waals surface area contributed by atoms with Crippen molar-refractivity contribution in [3.8, 4) is 0 Å². The quantitative estimate of drug-likeness (QED) is 0.244. The lowest BCUT2D eigenvalue weighted by atomic mass is 10.0. The SMILES string of the molecule is O=C(CCN1C(=O)C=CC1=O)NCCOCCOCCNC(=O)OC1CC/C=C/CCC1. The summed E-state index contributed by atoms with van der Waals surface area (Å²) in [7, 11) is 0. The van der Waals surface area contributed by atoms with E-state index in [0.29, 0.717) is 39.5 Å². The molecule has 4 amide bonds. The van der Waals surface area contributed by atoms with Crippen LogP contribution in [0.1, 0.15) is 38.5 Å². The van der Waals surface area contributed by atoms with E-state index in [4.69, 9.17) is 14.2 Å². The van der Waals surface area contributed by atoms with Crippen LogP contribution in [-0.2, 0) is 28.6 Å². The molecule has 178 valence electrons. The van der Waals surface area contributed by atoms with Gasteiger partial charge in [-0.25, -0.2) is 4.79 Å². The topological polar surface area (TPSA) is 123 Å². The maximum absolute atomic E-state index is 11.8. The number of hydrogen-bond acceptors (Lipinski definition) is 7. The number of carbonyl (C=O) groups is 4. The lowest BCUT2D eigenvalue weighted by Crippen LogP contribution is -2.35. The molecule has 1 heterocycles. The Hall–Kier alpha value is -2.72. The van der Waals surface area contributed by atoms with Crippen molar-refractivity contribution >= 4 is 23.8 Å². The monoisotopic (exact) mass is 451 g/mol. The maximum atomic E-state index is 11.8. The van der Waals surface area contributed by atoms with Crippen molar-refractivity contribution in [3.63, 3.8) is 0 Å². The van der Waals surface area contributed by atoms with Gasteiger partial charge in [0.05, 0.1) is 26.4 Å². The van der Waals surface area contributed by atoms with Crippen molar-refractivity contribution in [1.82, 2.24) is 15.5 Å². The highest BCUT2D eigenvalue weighted by Crippen LogP contribution is 2.15. The molecule has 1 unspecified atom stereocenters. The lowest BCUT2D eigenvalue weighted by Gasteiger charge is -2.18. The van der Waals surface area contributed by atoms with Gasteiger partial charge in [-0.2, -0.15) is 0 Å². The van der Waals surface area contributed by atoms with Gasteiger partial charge in [-0.15, -0.1) is 0 Å². The molecule has 2 N–H and O–H groups in total. The standard InChI is InChI=1S/C22H33N3O7/c26-19(10-13-25-20(27)8-9-21(25)28)23-11-14-30-16-17-31-15-12-24-22(29)32-18-6-4-2-1-3-5-7-18/h1-2,8-9,18H,3-7,10-17H2,(H,23,26)(H,24,29)/b2-1+. The molecular formula is C22H33N3O7. The van der Waals surface area contributed by atoms with Crippen molar-refractivity contribution in [2.45, 2.75) is 44.6 Å². The Kier molecular flexibility index (Phi) is 12.1. The average Bonchev–Trinajstić information content (AvgIpc) is 3.07. The molecule has 1 aliphatic carbocycles. The van der Waals surface area contributed by atoms with Crippen LogP contribution in [0.15, 0.2) is 24.3 Å². The number of carbonyl (C=O) groups excluding carboxylic acids is 4. The zero-order chi connectivity index (χ0) is 23.0. The predicted molar refractivity (Wildman–Crippen MR) is 116 cm³/mol. The van der Waals surface area contributed by atoms with Crippen LogP contribution in [0.2, 0.25) is 0 Å². The Morgan fingerprint density at radius 3 is 2.28 bits per heavy atom. The molecule has 1 atom stereocenters. The van der Waals surface area contributed by atoms with Crippen LogP contribution in [0.25, 0.3) is 0 Å². The van der Waals surface area contributed by atoms with Gasteiger partial charge in [0.1, 0.15) is 6.10 Å². The number of amides is 4. The first kappa shape index (κ1) is 25.5. The van der Waals surface area contributed by atoms with E-state index in [-0.39, 0.29) is 25.0 Å².